The van der Waals surface area contributed by atoms with Crippen LogP contribution >= 0.6 is 11.8 Å². The van der Waals surface area contributed by atoms with E-state index in [0.29, 0.717) is 10.6 Å². The summed E-state index contributed by atoms with van der Waals surface area (Å²) in [6.07, 6.45) is 1.49. The predicted octanol–water partition coefficient (Wildman–Crippen LogP) is 2.24. The first-order valence-electron chi connectivity index (χ1n) is 5.26. The van der Waals surface area contributed by atoms with Gasteiger partial charge in [-0.1, -0.05) is 29.5 Å². The van der Waals surface area contributed by atoms with E-state index in [2.05, 4.69) is 10.2 Å². The van der Waals surface area contributed by atoms with Gasteiger partial charge in [-0.2, -0.15) is 5.10 Å². The molecule has 0 amide bonds. The van der Waals surface area contributed by atoms with Crippen LogP contribution in [0.1, 0.15) is 11.1 Å². The summed E-state index contributed by atoms with van der Waals surface area (Å²) in [7, 11) is 0. The van der Waals surface area contributed by atoms with E-state index in [9.17, 15) is 0 Å². The number of hydrogen-bond acceptors (Lipinski definition) is 5. The molecule has 1 aromatic carbocycles. The number of rotatable bonds is 3. The highest BCUT2D eigenvalue weighted by atomic mass is 32.2. The fraction of sp³-hybridized carbons (Fsp3) is 0.0833. The lowest BCUT2D eigenvalue weighted by atomic mass is 10.2. The maximum atomic E-state index is 8.78. The molecule has 0 fully saturated rings. The highest BCUT2D eigenvalue weighted by Crippen LogP contribution is 2.28. The van der Waals surface area contributed by atoms with E-state index >= 15 is 0 Å². The summed E-state index contributed by atoms with van der Waals surface area (Å²) >= 11 is 1.40. The quantitative estimate of drug-likeness (QED) is 0.448. The molecule has 0 saturated heterocycles. The Morgan fingerprint density at radius 2 is 2.00 bits per heavy atom. The predicted molar refractivity (Wildman–Crippen MR) is 69.1 cm³/mol. The molecule has 0 radical (unpaired) electrons. The number of hydroxylamine groups is 1. The van der Waals surface area contributed by atoms with Gasteiger partial charge in [0.1, 0.15) is 5.03 Å². The maximum Gasteiger partial charge on any atom is 0.152 e. The molecule has 1 aromatic heterocycles. The monoisotopic (exact) mass is 260 g/mol. The molecule has 3 N–H and O–H groups in total. The topological polar surface area (TPSA) is 81.9 Å². The molecule has 6 heteroatoms. The van der Waals surface area contributed by atoms with Crippen LogP contribution in [0, 0.1) is 12.3 Å². The molecule has 0 atom stereocenters. The summed E-state index contributed by atoms with van der Waals surface area (Å²) in [5.74, 6) is -0.0977. The Labute approximate surface area is 109 Å². The molecule has 0 unspecified atom stereocenters. The standard InChI is InChI=1S/C12H12N4OS/c1-8-2-4-9(5-3-8)18-12-10(11(13)16-17)6-7-14-15-12/h2-7,17H,1H3,(H2,13,16). The lowest BCUT2D eigenvalue weighted by Crippen LogP contribution is -2.20. The molecule has 0 aliphatic carbocycles. The minimum absolute atomic E-state index is 0.0977. The zero-order valence-corrected chi connectivity index (χ0v) is 10.5. The van der Waals surface area contributed by atoms with E-state index < -0.39 is 0 Å². The average Bonchev–Trinajstić information content (AvgIpc) is 2.41. The molecule has 0 aliphatic rings. The second-order valence-electron chi connectivity index (χ2n) is 3.65. The molecule has 5 nitrogen and oxygen atoms in total. The molecule has 0 spiro atoms. The van der Waals surface area contributed by atoms with Crippen LogP contribution in [-0.4, -0.2) is 21.2 Å². The zero-order chi connectivity index (χ0) is 13.0. The number of aryl methyl sites for hydroxylation is 1. The second-order valence-corrected chi connectivity index (χ2v) is 4.71. The van der Waals surface area contributed by atoms with E-state index in [1.165, 1.54) is 23.5 Å². The Hall–Kier alpha value is -1.92. The summed E-state index contributed by atoms with van der Waals surface area (Å²) < 4.78 is 0. The van der Waals surface area contributed by atoms with Gasteiger partial charge in [-0.15, -0.1) is 5.10 Å². The smallest absolute Gasteiger partial charge is 0.152 e. The summed E-state index contributed by atoms with van der Waals surface area (Å²) in [5.41, 5.74) is 3.51. The maximum absolute atomic E-state index is 8.78. The average molecular weight is 260 g/mol. The lowest BCUT2D eigenvalue weighted by molar-refractivity contribution is 0.234. The van der Waals surface area contributed by atoms with E-state index in [0.717, 1.165) is 4.90 Å². The Morgan fingerprint density at radius 3 is 2.67 bits per heavy atom. The van der Waals surface area contributed by atoms with E-state index in [4.69, 9.17) is 10.6 Å². The van der Waals surface area contributed by atoms with Crippen LogP contribution in [0.15, 0.2) is 46.5 Å². The van der Waals surface area contributed by atoms with E-state index in [1.807, 2.05) is 36.7 Å². The van der Waals surface area contributed by atoms with Crippen molar-refractivity contribution in [3.8, 4) is 0 Å². The summed E-state index contributed by atoms with van der Waals surface area (Å²) in [4.78, 5) is 1.01. The van der Waals surface area contributed by atoms with Gasteiger partial charge in [0.25, 0.3) is 0 Å². The van der Waals surface area contributed by atoms with Gasteiger partial charge in [0.15, 0.2) is 5.84 Å². The van der Waals surface area contributed by atoms with Gasteiger partial charge in [-0.05, 0) is 25.1 Å². The van der Waals surface area contributed by atoms with Crippen LogP contribution in [0.3, 0.4) is 0 Å². The zero-order valence-electron chi connectivity index (χ0n) is 9.71. The number of nitrogens with one attached hydrogen (secondary N) is 2. The highest BCUT2D eigenvalue weighted by molar-refractivity contribution is 7.99. The summed E-state index contributed by atoms with van der Waals surface area (Å²) in [5, 5.41) is 24.7. The van der Waals surface area contributed by atoms with Gasteiger partial charge in [-0.3, -0.25) is 16.1 Å². The van der Waals surface area contributed by atoms with E-state index in [1.54, 1.807) is 6.07 Å². The summed E-state index contributed by atoms with van der Waals surface area (Å²) in [6.45, 7) is 2.02. The van der Waals surface area contributed by atoms with E-state index in [-0.39, 0.29) is 5.84 Å². The molecular formula is C12H12N4OS. The van der Waals surface area contributed by atoms with Crippen LogP contribution < -0.4 is 5.48 Å². The molecular weight excluding hydrogens is 248 g/mol. The molecule has 0 aliphatic heterocycles. The second kappa shape index (κ2) is 5.61. The lowest BCUT2D eigenvalue weighted by Gasteiger charge is -2.07. The van der Waals surface area contributed by atoms with Gasteiger partial charge in [0.2, 0.25) is 0 Å². The SMILES string of the molecule is Cc1ccc(Sc2nnccc2C(=N)NO)cc1. The van der Waals surface area contributed by atoms with Crippen molar-refractivity contribution in [2.24, 2.45) is 0 Å². The van der Waals surface area contributed by atoms with Crippen molar-refractivity contribution in [1.29, 1.82) is 5.41 Å². The third-order valence-corrected chi connectivity index (χ3v) is 3.31. The molecule has 2 rings (SSSR count). The third-order valence-electron chi connectivity index (χ3n) is 2.30. The number of aromatic nitrogens is 2. The fourth-order valence-electron chi connectivity index (χ4n) is 1.36. The molecule has 1 heterocycles. The van der Waals surface area contributed by atoms with Crippen molar-refractivity contribution in [2.75, 3.05) is 0 Å². The van der Waals surface area contributed by atoms with Crippen molar-refractivity contribution in [3.05, 3.63) is 47.7 Å². The first kappa shape index (κ1) is 12.5. The normalized spacial score (nSPS) is 10.1. The molecule has 92 valence electrons. The van der Waals surface area contributed by atoms with Crippen molar-refractivity contribution in [2.45, 2.75) is 16.8 Å². The van der Waals surface area contributed by atoms with Gasteiger partial charge in [-0.25, -0.2) is 0 Å². The first-order valence-corrected chi connectivity index (χ1v) is 6.07. The molecule has 18 heavy (non-hydrogen) atoms. The van der Waals surface area contributed by atoms with Gasteiger partial charge >= 0.3 is 0 Å². The van der Waals surface area contributed by atoms with Gasteiger partial charge in [0.05, 0.1) is 11.8 Å². The van der Waals surface area contributed by atoms with Crippen LogP contribution in [0.2, 0.25) is 0 Å². The van der Waals surface area contributed by atoms with Crippen molar-refractivity contribution in [1.82, 2.24) is 15.7 Å². The van der Waals surface area contributed by atoms with Crippen LogP contribution in [-0.2, 0) is 0 Å². The Morgan fingerprint density at radius 1 is 1.28 bits per heavy atom. The molecule has 0 saturated carbocycles. The minimum Gasteiger partial charge on any atom is -0.290 e. The third kappa shape index (κ3) is 2.85. The fourth-order valence-corrected chi connectivity index (χ4v) is 2.23. The van der Waals surface area contributed by atoms with Crippen LogP contribution in [0.25, 0.3) is 0 Å². The van der Waals surface area contributed by atoms with Crippen LogP contribution in [0.4, 0.5) is 0 Å². The number of amidine groups is 1. The Balaban J connectivity index is 2.28. The minimum atomic E-state index is -0.0977. The highest BCUT2D eigenvalue weighted by Gasteiger charge is 2.10. The number of benzene rings is 1. The largest absolute Gasteiger partial charge is 0.290 e. The number of hydrogen-bond donors (Lipinski definition) is 3. The Bertz CT molecular complexity index is 556. The Kier molecular flexibility index (Phi) is 3.91. The van der Waals surface area contributed by atoms with Crippen LogP contribution in [0.5, 0.6) is 0 Å². The number of nitrogens with zero attached hydrogens (tertiary/aromatic N) is 2. The summed E-state index contributed by atoms with van der Waals surface area (Å²) in [6, 6.07) is 9.61. The first-order chi connectivity index (χ1) is 8.70. The van der Waals surface area contributed by atoms with Crippen molar-refractivity contribution < 1.29 is 5.21 Å². The van der Waals surface area contributed by atoms with Gasteiger partial charge in [0, 0.05) is 4.90 Å². The van der Waals surface area contributed by atoms with Gasteiger partial charge < -0.3 is 0 Å². The molecule has 0 bridgehead atoms. The van der Waals surface area contributed by atoms with Crippen molar-refractivity contribution >= 4 is 17.6 Å². The molecule has 2 aromatic rings. The van der Waals surface area contributed by atoms with Crippen molar-refractivity contribution in [3.63, 3.8) is 0 Å².